The van der Waals surface area contributed by atoms with Crippen LogP contribution in [-0.2, 0) is 20.9 Å². The monoisotopic (exact) mass is 340 g/mol. The van der Waals surface area contributed by atoms with Crippen LogP contribution in [0.25, 0.3) is 0 Å². The molecule has 0 radical (unpaired) electrons. The normalized spacial score (nSPS) is 22.2. The lowest BCUT2D eigenvalue weighted by atomic mass is 9.85. The van der Waals surface area contributed by atoms with Crippen molar-refractivity contribution in [2.24, 2.45) is 11.8 Å². The van der Waals surface area contributed by atoms with Crippen LogP contribution in [0.5, 0.6) is 0 Å². The first-order valence-corrected chi connectivity index (χ1v) is 8.88. The molecule has 1 fully saturated rings. The Hall–Kier alpha value is -2.43. The highest BCUT2D eigenvalue weighted by Crippen LogP contribution is 2.35. The van der Waals surface area contributed by atoms with Crippen molar-refractivity contribution in [3.05, 3.63) is 47.5 Å². The first-order valence-electron chi connectivity index (χ1n) is 8.88. The number of rotatable bonds is 6. The maximum absolute atomic E-state index is 12.3. The summed E-state index contributed by atoms with van der Waals surface area (Å²) in [4.78, 5) is 38.0. The predicted molar refractivity (Wildman–Crippen MR) is 94.3 cm³/mol. The molecule has 0 spiro atoms. The van der Waals surface area contributed by atoms with Gasteiger partial charge in [-0.25, -0.2) is 0 Å². The van der Waals surface area contributed by atoms with Gasteiger partial charge in [0, 0.05) is 19.5 Å². The molecule has 1 aliphatic carbocycles. The number of hydrogen-bond acceptors (Lipinski definition) is 3. The molecule has 25 heavy (non-hydrogen) atoms. The van der Waals surface area contributed by atoms with Crippen molar-refractivity contribution in [3.63, 3.8) is 0 Å². The first-order chi connectivity index (χ1) is 12.1. The third-order valence-corrected chi connectivity index (χ3v) is 4.99. The SMILES string of the molecule is Cc1ccc(CNC(=O)CCCN2C(=O)[C@H]3CC=CC[C@H]3C2=O)cc1. The van der Waals surface area contributed by atoms with Crippen molar-refractivity contribution in [3.8, 4) is 0 Å². The summed E-state index contributed by atoms with van der Waals surface area (Å²) in [6.45, 7) is 2.86. The number of amides is 3. The Labute approximate surface area is 148 Å². The van der Waals surface area contributed by atoms with Gasteiger partial charge in [0.25, 0.3) is 0 Å². The number of aryl methyl sites for hydroxylation is 1. The molecular formula is C20H24N2O3. The molecule has 132 valence electrons. The van der Waals surface area contributed by atoms with E-state index in [1.54, 1.807) is 0 Å². The number of fused-ring (bicyclic) bond motifs is 1. The van der Waals surface area contributed by atoms with Gasteiger partial charge < -0.3 is 5.32 Å². The van der Waals surface area contributed by atoms with Gasteiger partial charge in [-0.3, -0.25) is 19.3 Å². The van der Waals surface area contributed by atoms with Crippen LogP contribution in [-0.4, -0.2) is 29.2 Å². The van der Waals surface area contributed by atoms with Crippen LogP contribution in [0.15, 0.2) is 36.4 Å². The van der Waals surface area contributed by atoms with Gasteiger partial charge in [-0.1, -0.05) is 42.0 Å². The molecule has 1 aromatic rings. The van der Waals surface area contributed by atoms with Gasteiger partial charge in [-0.15, -0.1) is 0 Å². The van der Waals surface area contributed by atoms with E-state index in [0.717, 1.165) is 5.56 Å². The average molecular weight is 340 g/mol. The van der Waals surface area contributed by atoms with E-state index >= 15 is 0 Å². The zero-order valence-corrected chi connectivity index (χ0v) is 14.5. The minimum atomic E-state index is -0.187. The van der Waals surface area contributed by atoms with E-state index in [-0.39, 0.29) is 29.6 Å². The Balaban J connectivity index is 1.42. The van der Waals surface area contributed by atoms with Gasteiger partial charge in [0.1, 0.15) is 0 Å². The molecule has 1 aromatic carbocycles. The second-order valence-electron chi connectivity index (χ2n) is 6.85. The lowest BCUT2D eigenvalue weighted by Gasteiger charge is -2.14. The molecular weight excluding hydrogens is 316 g/mol. The number of likely N-dealkylation sites (tertiary alicyclic amines) is 1. The lowest BCUT2D eigenvalue weighted by Crippen LogP contribution is -2.33. The number of hydrogen-bond donors (Lipinski definition) is 1. The summed E-state index contributed by atoms with van der Waals surface area (Å²) >= 11 is 0. The van der Waals surface area contributed by atoms with Crippen LogP contribution in [0.1, 0.15) is 36.8 Å². The average Bonchev–Trinajstić information content (AvgIpc) is 2.86. The van der Waals surface area contributed by atoms with E-state index in [1.165, 1.54) is 10.5 Å². The maximum Gasteiger partial charge on any atom is 0.233 e. The highest BCUT2D eigenvalue weighted by molar-refractivity contribution is 6.05. The Morgan fingerprint density at radius 3 is 2.28 bits per heavy atom. The molecule has 5 nitrogen and oxygen atoms in total. The van der Waals surface area contributed by atoms with Crippen molar-refractivity contribution in [1.82, 2.24) is 10.2 Å². The minimum Gasteiger partial charge on any atom is -0.352 e. The van der Waals surface area contributed by atoms with E-state index < -0.39 is 0 Å². The van der Waals surface area contributed by atoms with E-state index in [4.69, 9.17) is 0 Å². The summed E-state index contributed by atoms with van der Waals surface area (Å²) in [5, 5.41) is 2.88. The Kier molecular flexibility index (Phi) is 5.31. The minimum absolute atomic E-state index is 0.0567. The largest absolute Gasteiger partial charge is 0.352 e. The third-order valence-electron chi connectivity index (χ3n) is 4.99. The number of benzene rings is 1. The second kappa shape index (κ2) is 7.64. The molecule has 1 heterocycles. The van der Waals surface area contributed by atoms with Gasteiger partial charge in [0.2, 0.25) is 17.7 Å². The maximum atomic E-state index is 12.3. The predicted octanol–water partition coefficient (Wildman–Crippen LogP) is 2.34. The third kappa shape index (κ3) is 3.98. The Morgan fingerprint density at radius 1 is 1.08 bits per heavy atom. The summed E-state index contributed by atoms with van der Waals surface area (Å²) in [6, 6.07) is 8.01. The molecule has 3 amide bonds. The zero-order valence-electron chi connectivity index (χ0n) is 14.5. The Morgan fingerprint density at radius 2 is 1.68 bits per heavy atom. The Bertz CT molecular complexity index is 667. The smallest absolute Gasteiger partial charge is 0.233 e. The molecule has 1 N–H and O–H groups in total. The summed E-state index contributed by atoms with van der Waals surface area (Å²) in [5.41, 5.74) is 2.24. The fourth-order valence-corrected chi connectivity index (χ4v) is 3.48. The van der Waals surface area contributed by atoms with Crippen LogP contribution < -0.4 is 5.32 Å². The molecule has 0 aromatic heterocycles. The van der Waals surface area contributed by atoms with Crippen LogP contribution in [0, 0.1) is 18.8 Å². The molecule has 3 rings (SSSR count). The molecule has 2 aliphatic rings. The van der Waals surface area contributed by atoms with Crippen molar-refractivity contribution >= 4 is 17.7 Å². The summed E-state index contributed by atoms with van der Waals surface area (Å²) in [6.07, 6.45) is 6.09. The van der Waals surface area contributed by atoms with Crippen molar-refractivity contribution in [2.45, 2.75) is 39.2 Å². The first kappa shape index (κ1) is 17.4. The van der Waals surface area contributed by atoms with Gasteiger partial charge in [0.15, 0.2) is 0 Å². The van der Waals surface area contributed by atoms with Crippen LogP contribution >= 0.6 is 0 Å². The van der Waals surface area contributed by atoms with Gasteiger partial charge in [-0.2, -0.15) is 0 Å². The summed E-state index contributed by atoms with van der Waals surface area (Å²) in [5.74, 6) is -0.571. The summed E-state index contributed by atoms with van der Waals surface area (Å²) < 4.78 is 0. The van der Waals surface area contributed by atoms with Crippen molar-refractivity contribution < 1.29 is 14.4 Å². The fraction of sp³-hybridized carbons (Fsp3) is 0.450. The van der Waals surface area contributed by atoms with E-state index in [1.807, 2.05) is 43.3 Å². The molecule has 2 atom stereocenters. The van der Waals surface area contributed by atoms with Crippen LogP contribution in [0.3, 0.4) is 0 Å². The molecule has 0 unspecified atom stereocenters. The van der Waals surface area contributed by atoms with E-state index in [2.05, 4.69) is 5.32 Å². The zero-order chi connectivity index (χ0) is 17.8. The van der Waals surface area contributed by atoms with Crippen LogP contribution in [0.2, 0.25) is 0 Å². The molecule has 5 heteroatoms. The van der Waals surface area contributed by atoms with E-state index in [9.17, 15) is 14.4 Å². The highest BCUT2D eigenvalue weighted by atomic mass is 16.2. The number of nitrogens with one attached hydrogen (secondary N) is 1. The van der Waals surface area contributed by atoms with Gasteiger partial charge in [0.05, 0.1) is 11.8 Å². The topological polar surface area (TPSA) is 66.5 Å². The molecule has 1 aliphatic heterocycles. The number of carbonyl (C=O) groups excluding carboxylic acids is 3. The lowest BCUT2D eigenvalue weighted by molar-refractivity contribution is -0.140. The van der Waals surface area contributed by atoms with Gasteiger partial charge in [-0.05, 0) is 31.7 Å². The molecule has 0 saturated carbocycles. The van der Waals surface area contributed by atoms with Crippen LogP contribution in [0.4, 0.5) is 0 Å². The number of imide groups is 1. The molecule has 1 saturated heterocycles. The quantitative estimate of drug-likeness (QED) is 0.638. The highest BCUT2D eigenvalue weighted by Gasteiger charge is 2.46. The number of carbonyl (C=O) groups is 3. The molecule has 0 bridgehead atoms. The standard InChI is InChI=1S/C20H24N2O3/c1-14-8-10-15(11-9-14)13-21-18(23)7-4-12-22-19(24)16-5-2-3-6-17(16)20(22)25/h2-3,8-11,16-17H,4-7,12-13H2,1H3,(H,21,23)/t16-,17+. The number of allylic oxidation sites excluding steroid dienone is 2. The second-order valence-corrected chi connectivity index (χ2v) is 6.85. The summed E-state index contributed by atoms with van der Waals surface area (Å²) in [7, 11) is 0. The van der Waals surface area contributed by atoms with Crippen molar-refractivity contribution in [2.75, 3.05) is 6.54 Å². The van der Waals surface area contributed by atoms with Crippen molar-refractivity contribution in [1.29, 1.82) is 0 Å². The van der Waals surface area contributed by atoms with Gasteiger partial charge >= 0.3 is 0 Å². The number of nitrogens with zero attached hydrogens (tertiary/aromatic N) is 1. The van der Waals surface area contributed by atoms with E-state index in [0.29, 0.717) is 38.8 Å². The fourth-order valence-electron chi connectivity index (χ4n) is 3.48.